The summed E-state index contributed by atoms with van der Waals surface area (Å²) in [6.07, 6.45) is 0.927. The number of benzene rings is 2. The Morgan fingerprint density at radius 2 is 1.76 bits per heavy atom. The van der Waals surface area contributed by atoms with Gasteiger partial charge in [-0.3, -0.25) is 14.4 Å². The normalized spacial score (nSPS) is 23.2. The first kappa shape index (κ1) is 32.0. The summed E-state index contributed by atoms with van der Waals surface area (Å²) in [6, 6.07) is 10.6. The van der Waals surface area contributed by atoms with Crippen LogP contribution in [0, 0.1) is 11.7 Å². The fourth-order valence-electron chi connectivity index (χ4n) is 5.01. The van der Waals surface area contributed by atoms with Gasteiger partial charge in [-0.2, -0.15) is 0 Å². The minimum absolute atomic E-state index is 0.0578. The molecule has 2 unspecified atom stereocenters. The molecule has 1 aliphatic rings. The maximum Gasteiger partial charge on any atom is 0.246 e. The second-order valence-electron chi connectivity index (χ2n) is 10.7. The molecule has 0 radical (unpaired) electrons. The molecule has 0 saturated heterocycles. The van der Waals surface area contributed by atoms with Crippen LogP contribution in [0.5, 0.6) is 5.75 Å². The van der Waals surface area contributed by atoms with Gasteiger partial charge in [-0.15, -0.1) is 0 Å². The van der Waals surface area contributed by atoms with Gasteiger partial charge in [0.2, 0.25) is 17.7 Å². The van der Waals surface area contributed by atoms with Crippen molar-refractivity contribution in [2.24, 2.45) is 5.92 Å². The molecule has 2 aromatic rings. The van der Waals surface area contributed by atoms with E-state index in [1.807, 2.05) is 38.1 Å². The van der Waals surface area contributed by atoms with E-state index in [-0.39, 0.29) is 18.2 Å². The molecule has 0 aliphatic carbocycles. The van der Waals surface area contributed by atoms with Gasteiger partial charge in [0.15, 0.2) is 0 Å². The number of aryl methyl sites for hydroxylation is 1. The number of nitrogens with one attached hydrogen (secondary N) is 3. The summed E-state index contributed by atoms with van der Waals surface area (Å²) in [5, 5.41) is 19.5. The second-order valence-corrected chi connectivity index (χ2v) is 10.7. The third-order valence-corrected chi connectivity index (χ3v) is 7.57. The number of ether oxygens (including phenoxy) is 1. The monoisotopic (exact) mass is 570 g/mol. The summed E-state index contributed by atoms with van der Waals surface area (Å²) in [5.74, 6) is -1.12. The lowest BCUT2D eigenvalue weighted by molar-refractivity contribution is -0.146. The molecule has 0 bridgehead atoms. The summed E-state index contributed by atoms with van der Waals surface area (Å²) < 4.78 is 19.5. The molecule has 2 aromatic carbocycles. The largest absolute Gasteiger partial charge is 0.492 e. The number of likely N-dealkylation sites (N-methyl/N-ethyl adjacent to an activating group) is 1. The molecule has 5 atom stereocenters. The number of fused-ring (bicyclic) bond motifs is 1. The topological polar surface area (TPSA) is 120 Å². The Morgan fingerprint density at radius 1 is 1.05 bits per heavy atom. The summed E-state index contributed by atoms with van der Waals surface area (Å²) in [6.45, 7) is 6.47. The van der Waals surface area contributed by atoms with E-state index in [0.29, 0.717) is 44.5 Å². The average molecular weight is 571 g/mol. The summed E-state index contributed by atoms with van der Waals surface area (Å²) >= 11 is 0. The number of para-hydroxylation sites is 1. The van der Waals surface area contributed by atoms with Crippen LogP contribution >= 0.6 is 0 Å². The van der Waals surface area contributed by atoms with E-state index in [1.54, 1.807) is 12.1 Å². The first-order valence-electron chi connectivity index (χ1n) is 14.3. The third kappa shape index (κ3) is 8.99. The van der Waals surface area contributed by atoms with Crippen molar-refractivity contribution in [3.63, 3.8) is 0 Å². The Morgan fingerprint density at radius 3 is 2.44 bits per heavy atom. The van der Waals surface area contributed by atoms with E-state index >= 15 is 0 Å². The lowest BCUT2D eigenvalue weighted by Crippen LogP contribution is -2.61. The molecule has 1 aliphatic heterocycles. The Bertz CT molecular complexity index is 1160. The number of hydrogen-bond donors (Lipinski definition) is 4. The molecule has 3 rings (SSSR count). The Balaban J connectivity index is 1.92. The molecule has 41 heavy (non-hydrogen) atoms. The van der Waals surface area contributed by atoms with Crippen molar-refractivity contribution >= 4 is 17.7 Å². The lowest BCUT2D eigenvalue weighted by Gasteiger charge is -2.35. The van der Waals surface area contributed by atoms with Gasteiger partial charge in [0.25, 0.3) is 0 Å². The highest BCUT2D eigenvalue weighted by Gasteiger charge is 2.37. The Labute approximate surface area is 241 Å². The molecule has 9 nitrogen and oxygen atoms in total. The summed E-state index contributed by atoms with van der Waals surface area (Å²) in [7, 11) is 1.48. The Kier molecular flexibility index (Phi) is 12.1. The van der Waals surface area contributed by atoms with Crippen LogP contribution in [0.4, 0.5) is 4.39 Å². The van der Waals surface area contributed by atoms with Crippen molar-refractivity contribution in [1.82, 2.24) is 20.9 Å². The first-order valence-corrected chi connectivity index (χ1v) is 14.3. The molecule has 4 N–H and O–H groups in total. The van der Waals surface area contributed by atoms with Crippen LogP contribution in [-0.2, 0) is 27.2 Å². The van der Waals surface area contributed by atoms with Crippen LogP contribution in [0.25, 0.3) is 0 Å². The third-order valence-electron chi connectivity index (χ3n) is 7.57. The number of aliphatic hydroxyl groups excluding tert-OH is 1. The number of rotatable bonds is 5. The van der Waals surface area contributed by atoms with Gasteiger partial charge in [0.1, 0.15) is 30.3 Å². The molecule has 0 aromatic heterocycles. The molecule has 224 valence electrons. The van der Waals surface area contributed by atoms with Crippen molar-refractivity contribution in [1.29, 1.82) is 0 Å². The summed E-state index contributed by atoms with van der Waals surface area (Å²) in [5.41, 5.74) is 1.66. The second kappa shape index (κ2) is 15.5. The molecule has 1 heterocycles. The Hall–Kier alpha value is -3.50. The molecule has 10 heteroatoms. The maximum absolute atomic E-state index is 13.7. The quantitative estimate of drug-likeness (QED) is 0.438. The van der Waals surface area contributed by atoms with E-state index in [1.165, 1.54) is 31.0 Å². The smallest absolute Gasteiger partial charge is 0.246 e. The number of nitrogens with zero attached hydrogens (tertiary/aromatic N) is 1. The number of carbonyl (C=O) groups excluding carboxylic acids is 3. The van der Waals surface area contributed by atoms with Crippen molar-refractivity contribution in [3.05, 3.63) is 65.5 Å². The van der Waals surface area contributed by atoms with E-state index < -0.39 is 41.9 Å². The zero-order valence-corrected chi connectivity index (χ0v) is 24.4. The molecule has 0 spiro atoms. The standard InChI is InChI=1S/C31H43FN4O5/c1-5-20(2)27-31(40)36(4)28(21(3)37)30(39)35-25(19-22-12-14-24(32)15-13-22)29(38)34-16-8-10-23-9-6-7-11-26(23)41-18-17-33-27/h6-7,9,11-15,20-21,25,27-28,33,37H,5,8,10,16-19H2,1-4H3,(H,34,38)(H,35,39)/t20?,21?,25-,27+,28+/m1/s1. The number of amides is 3. The van der Waals surface area contributed by atoms with E-state index in [0.717, 1.165) is 11.3 Å². The van der Waals surface area contributed by atoms with Gasteiger partial charge in [-0.25, -0.2) is 4.39 Å². The predicted octanol–water partition coefficient (Wildman–Crippen LogP) is 2.21. The highest BCUT2D eigenvalue weighted by molar-refractivity contribution is 5.93. The van der Waals surface area contributed by atoms with Crippen molar-refractivity contribution < 1.29 is 28.6 Å². The van der Waals surface area contributed by atoms with Crippen molar-refractivity contribution in [2.75, 3.05) is 26.7 Å². The van der Waals surface area contributed by atoms with Crippen LogP contribution < -0.4 is 20.7 Å². The minimum atomic E-state index is -1.23. The van der Waals surface area contributed by atoms with E-state index in [2.05, 4.69) is 16.0 Å². The number of halogens is 1. The highest BCUT2D eigenvalue weighted by atomic mass is 19.1. The SMILES string of the molecule is CCC(C)[C@@H]1NCCOc2ccccc2CCCNC(=O)[C@@H](Cc2ccc(F)cc2)NC(=O)[C@H](C(C)O)N(C)C1=O. The van der Waals surface area contributed by atoms with Gasteiger partial charge in [0.05, 0.1) is 12.1 Å². The average Bonchev–Trinajstić information content (AvgIpc) is 2.95. The predicted molar refractivity (Wildman–Crippen MR) is 155 cm³/mol. The zero-order valence-electron chi connectivity index (χ0n) is 24.4. The van der Waals surface area contributed by atoms with E-state index in [4.69, 9.17) is 4.74 Å². The zero-order chi connectivity index (χ0) is 29.9. The van der Waals surface area contributed by atoms with Gasteiger partial charge in [-0.1, -0.05) is 50.6 Å². The van der Waals surface area contributed by atoms with Crippen LogP contribution in [-0.4, -0.2) is 78.7 Å². The molecule has 0 fully saturated rings. The molecule has 3 amide bonds. The fourth-order valence-corrected chi connectivity index (χ4v) is 5.01. The van der Waals surface area contributed by atoms with Crippen molar-refractivity contribution in [3.8, 4) is 5.75 Å². The first-order chi connectivity index (χ1) is 19.6. The highest BCUT2D eigenvalue weighted by Crippen LogP contribution is 2.20. The number of hydrogen-bond acceptors (Lipinski definition) is 6. The minimum Gasteiger partial charge on any atom is -0.492 e. The number of carbonyl (C=O) groups is 3. The van der Waals surface area contributed by atoms with Gasteiger partial charge >= 0.3 is 0 Å². The maximum atomic E-state index is 13.7. The van der Waals surface area contributed by atoms with Gasteiger partial charge < -0.3 is 30.7 Å². The number of aliphatic hydroxyl groups is 1. The van der Waals surface area contributed by atoms with Crippen molar-refractivity contribution in [2.45, 2.75) is 70.7 Å². The van der Waals surface area contributed by atoms with E-state index in [9.17, 15) is 23.9 Å². The molecular formula is C31H43FN4O5. The van der Waals surface area contributed by atoms with Crippen LogP contribution in [0.2, 0.25) is 0 Å². The molecule has 0 saturated carbocycles. The lowest BCUT2D eigenvalue weighted by atomic mass is 9.96. The van der Waals surface area contributed by atoms with Gasteiger partial charge in [-0.05, 0) is 55.0 Å². The van der Waals surface area contributed by atoms with Gasteiger partial charge in [0, 0.05) is 26.6 Å². The van der Waals surface area contributed by atoms with Crippen LogP contribution in [0.15, 0.2) is 48.5 Å². The summed E-state index contributed by atoms with van der Waals surface area (Å²) in [4.78, 5) is 41.8. The molecular weight excluding hydrogens is 527 g/mol. The fraction of sp³-hybridized carbons (Fsp3) is 0.516. The van der Waals surface area contributed by atoms with Crippen LogP contribution in [0.3, 0.4) is 0 Å². The van der Waals surface area contributed by atoms with Crippen LogP contribution in [0.1, 0.15) is 44.7 Å².